The smallest absolute Gasteiger partial charge is 0.344 e. The summed E-state index contributed by atoms with van der Waals surface area (Å²) in [6, 6.07) is 1.49. The van der Waals surface area contributed by atoms with E-state index in [2.05, 4.69) is 0 Å². The molecule has 1 aromatic carbocycles. The minimum absolute atomic E-state index is 0.00353. The Kier molecular flexibility index (Phi) is 9.61. The van der Waals surface area contributed by atoms with Crippen LogP contribution < -0.4 is 5.73 Å². The first kappa shape index (κ1) is 33.9. The molecule has 1 aromatic rings. The number of aromatic hydroxyl groups is 1. The number of likely N-dealkylation sites (N-methyl/N-ethyl adjacent to an activating group) is 1. The maximum Gasteiger partial charge on any atom is 0.344 e. The summed E-state index contributed by atoms with van der Waals surface area (Å²) in [6.45, 7) is 3.40. The van der Waals surface area contributed by atoms with Crippen molar-refractivity contribution in [3.05, 3.63) is 61.0 Å². The van der Waals surface area contributed by atoms with Gasteiger partial charge in [-0.2, -0.15) is 0 Å². The molecule has 1 saturated carbocycles. The molecule has 45 heavy (non-hydrogen) atoms. The van der Waals surface area contributed by atoms with Crippen molar-refractivity contribution < 1.29 is 53.9 Å². The summed E-state index contributed by atoms with van der Waals surface area (Å²) in [5.41, 5.74) is 1.89. The molecule has 3 aliphatic carbocycles. The van der Waals surface area contributed by atoms with Crippen molar-refractivity contribution in [2.45, 2.75) is 38.3 Å². The van der Waals surface area contributed by atoms with Crippen LogP contribution >= 0.6 is 22.6 Å². The summed E-state index contributed by atoms with van der Waals surface area (Å²) in [5, 5.41) is 45.0. The van der Waals surface area contributed by atoms with Crippen molar-refractivity contribution in [1.82, 2.24) is 4.90 Å². The third-order valence-electron chi connectivity index (χ3n) is 8.22. The van der Waals surface area contributed by atoms with Gasteiger partial charge >= 0.3 is 11.9 Å². The van der Waals surface area contributed by atoms with E-state index in [0.717, 1.165) is 0 Å². The SMILES string of the molecule is CCOC(=O)/C(I)=C/C(=C/c1ccc(O)c2c1C[C@@H]1C[C@H]3[C@@H](N(C)C)C(=O)C(C(N)=O)=C(O)[C@@]3(O)C(=O)C1=C2O)C(=O)OCC. The number of phenolic OH excluding ortho intramolecular Hbond substituents is 1. The lowest BCUT2D eigenvalue weighted by Crippen LogP contribution is -2.65. The van der Waals surface area contributed by atoms with Crippen molar-refractivity contribution in [2.75, 3.05) is 27.3 Å². The van der Waals surface area contributed by atoms with Crippen molar-refractivity contribution in [3.8, 4) is 5.75 Å². The molecule has 3 aliphatic rings. The molecule has 0 aromatic heterocycles. The number of rotatable bonds is 8. The Morgan fingerprint density at radius 2 is 1.71 bits per heavy atom. The number of aliphatic hydroxyl groups excluding tert-OH is 2. The number of carbonyl (C=O) groups excluding carboxylic acids is 5. The van der Waals surface area contributed by atoms with Crippen LogP contribution in [-0.2, 0) is 39.9 Å². The van der Waals surface area contributed by atoms with Gasteiger partial charge in [-0.25, -0.2) is 9.59 Å². The normalized spacial score (nSPS) is 25.1. The zero-order valence-corrected chi connectivity index (χ0v) is 27.1. The number of benzene rings is 1. The first-order valence-corrected chi connectivity index (χ1v) is 15.1. The molecule has 1 fully saturated rings. The van der Waals surface area contributed by atoms with Crippen LogP contribution in [0.5, 0.6) is 5.75 Å². The third kappa shape index (κ3) is 5.66. The fraction of sp³-hybridized carbons (Fsp3) is 0.387. The van der Waals surface area contributed by atoms with Crippen LogP contribution in [0.2, 0.25) is 0 Å². The molecule has 4 atom stereocenters. The first-order chi connectivity index (χ1) is 21.1. The fourth-order valence-electron chi connectivity index (χ4n) is 6.34. The van der Waals surface area contributed by atoms with Gasteiger partial charge in [0.15, 0.2) is 11.4 Å². The molecule has 0 radical (unpaired) electrons. The quantitative estimate of drug-likeness (QED) is 0.0850. The highest BCUT2D eigenvalue weighted by atomic mass is 127. The van der Waals surface area contributed by atoms with Gasteiger partial charge in [-0.3, -0.25) is 19.3 Å². The van der Waals surface area contributed by atoms with Gasteiger partial charge in [-0.1, -0.05) is 6.07 Å². The Labute approximate surface area is 271 Å². The van der Waals surface area contributed by atoms with Gasteiger partial charge in [0.1, 0.15) is 22.8 Å². The van der Waals surface area contributed by atoms with Crippen LogP contribution in [0.25, 0.3) is 11.8 Å². The van der Waals surface area contributed by atoms with E-state index in [-0.39, 0.29) is 46.3 Å². The molecule has 4 rings (SSSR count). The lowest BCUT2D eigenvalue weighted by atomic mass is 9.57. The van der Waals surface area contributed by atoms with E-state index in [9.17, 15) is 44.4 Å². The Bertz CT molecular complexity index is 1640. The van der Waals surface area contributed by atoms with Crippen LogP contribution in [0.4, 0.5) is 0 Å². The number of hydrogen-bond acceptors (Lipinski definition) is 12. The number of phenols is 1. The molecule has 0 unspecified atom stereocenters. The molecule has 240 valence electrons. The monoisotopic (exact) mass is 736 g/mol. The Hall–Kier alpha value is -4.02. The molecule has 14 heteroatoms. The van der Waals surface area contributed by atoms with Crippen molar-refractivity contribution >= 4 is 63.8 Å². The molecule has 0 bridgehead atoms. The number of fused-ring (bicyclic) bond motifs is 3. The number of ether oxygens (including phenoxy) is 2. The molecular formula is C31H33IN2O11. The van der Waals surface area contributed by atoms with E-state index >= 15 is 0 Å². The largest absolute Gasteiger partial charge is 0.508 e. The van der Waals surface area contributed by atoms with Crippen molar-refractivity contribution in [3.63, 3.8) is 0 Å². The summed E-state index contributed by atoms with van der Waals surface area (Å²) in [7, 11) is 3.02. The van der Waals surface area contributed by atoms with Crippen LogP contribution in [-0.4, -0.2) is 93.7 Å². The molecule has 0 spiro atoms. The number of carbonyl (C=O) groups is 5. The van der Waals surface area contributed by atoms with E-state index in [1.165, 1.54) is 43.3 Å². The van der Waals surface area contributed by atoms with Crippen molar-refractivity contribution in [1.29, 1.82) is 0 Å². The first-order valence-electron chi connectivity index (χ1n) is 14.0. The summed E-state index contributed by atoms with van der Waals surface area (Å²) in [4.78, 5) is 66.0. The van der Waals surface area contributed by atoms with Gasteiger partial charge < -0.3 is 35.6 Å². The molecular weight excluding hydrogens is 703 g/mol. The van der Waals surface area contributed by atoms with Gasteiger partial charge in [-0.05, 0) is 98.6 Å². The fourth-order valence-corrected chi connectivity index (χ4v) is 6.83. The second-order valence-electron chi connectivity index (χ2n) is 11.0. The summed E-state index contributed by atoms with van der Waals surface area (Å²) < 4.78 is 10.3. The molecule has 0 heterocycles. The number of nitrogens with two attached hydrogens (primary N) is 1. The van der Waals surface area contributed by atoms with Crippen LogP contribution in [0.15, 0.2) is 44.3 Å². The van der Waals surface area contributed by atoms with Gasteiger partial charge in [0.05, 0.1) is 34.0 Å². The number of esters is 2. The third-order valence-corrected chi connectivity index (χ3v) is 8.97. The molecule has 0 aliphatic heterocycles. The number of Topliss-reactive ketones (excluding diaryl/α,β-unsaturated/α-hetero) is 2. The zero-order chi connectivity index (χ0) is 33.5. The molecule has 13 nitrogen and oxygen atoms in total. The second-order valence-corrected chi connectivity index (χ2v) is 12.2. The van der Waals surface area contributed by atoms with E-state index in [1.54, 1.807) is 36.4 Å². The lowest BCUT2D eigenvalue weighted by Gasteiger charge is -2.50. The summed E-state index contributed by atoms with van der Waals surface area (Å²) >= 11 is 1.73. The van der Waals surface area contributed by atoms with Crippen LogP contribution in [0, 0.1) is 11.8 Å². The van der Waals surface area contributed by atoms with Gasteiger partial charge in [0.2, 0.25) is 5.78 Å². The van der Waals surface area contributed by atoms with Gasteiger partial charge in [0, 0.05) is 11.5 Å². The molecule has 6 N–H and O–H groups in total. The molecule has 1 amide bonds. The predicted molar refractivity (Wildman–Crippen MR) is 168 cm³/mol. The Morgan fingerprint density at radius 1 is 1.09 bits per heavy atom. The van der Waals surface area contributed by atoms with Crippen molar-refractivity contribution in [2.24, 2.45) is 17.6 Å². The van der Waals surface area contributed by atoms with Crippen LogP contribution in [0.1, 0.15) is 37.0 Å². The number of aliphatic hydroxyl groups is 3. The molecule has 0 saturated heterocycles. The van der Waals surface area contributed by atoms with E-state index in [4.69, 9.17) is 15.2 Å². The Morgan fingerprint density at radius 3 is 2.29 bits per heavy atom. The highest BCUT2D eigenvalue weighted by Crippen LogP contribution is 2.53. The predicted octanol–water partition coefficient (Wildman–Crippen LogP) is 1.79. The number of hydrogen-bond donors (Lipinski definition) is 5. The minimum Gasteiger partial charge on any atom is -0.508 e. The number of primary amides is 1. The van der Waals surface area contributed by atoms with E-state index in [1.807, 2.05) is 0 Å². The second kappa shape index (κ2) is 12.8. The highest BCUT2D eigenvalue weighted by Gasteiger charge is 2.64. The maximum absolute atomic E-state index is 14.0. The summed E-state index contributed by atoms with van der Waals surface area (Å²) in [5.74, 6) is -9.05. The Balaban J connectivity index is 1.93. The lowest BCUT2D eigenvalue weighted by molar-refractivity contribution is -0.153. The average molecular weight is 737 g/mol. The number of amides is 1. The standard InChI is InChI=1S/C31H33IN2O11/c1-5-44-29(41)15(12-18(32)30(42)45-6-2)9-13-7-8-19(35)21-16(13)10-14-11-17-23(34(3)4)25(37)22(28(33)40)27(39)31(17,43)26(38)20(14)24(21)36/h7-9,12,14,17,23,35-36,39,43H,5-6,10-11H2,1-4H3,(H2,33,40)/b15-9-,18-12-/t14-,17+,23-,31+/m1/s1. The highest BCUT2D eigenvalue weighted by molar-refractivity contribution is 14.1. The van der Waals surface area contributed by atoms with E-state index in [0.29, 0.717) is 11.1 Å². The minimum atomic E-state index is -2.76. The number of ketones is 2. The average Bonchev–Trinajstić information content (AvgIpc) is 2.95. The summed E-state index contributed by atoms with van der Waals surface area (Å²) in [6.07, 6.45) is 2.60. The van der Waals surface area contributed by atoms with Crippen LogP contribution in [0.3, 0.4) is 0 Å². The van der Waals surface area contributed by atoms with Gasteiger partial charge in [0.25, 0.3) is 5.91 Å². The van der Waals surface area contributed by atoms with E-state index < -0.39 is 75.7 Å². The number of nitrogens with zero attached hydrogens (tertiary/aromatic N) is 1. The zero-order valence-electron chi connectivity index (χ0n) is 24.9. The van der Waals surface area contributed by atoms with Gasteiger partial charge in [-0.15, -0.1) is 0 Å². The maximum atomic E-state index is 14.0. The number of halogens is 1. The topological polar surface area (TPSA) is 214 Å².